The number of phenolic OH excluding ortho intramolecular Hbond substituents is 1. The van der Waals surface area contributed by atoms with Crippen LogP contribution in [0.25, 0.3) is 17.3 Å². The number of hydrogen-bond acceptors (Lipinski definition) is 5. The number of rotatable bonds is 6. The lowest BCUT2D eigenvalue weighted by Gasteiger charge is -2.16. The lowest BCUT2D eigenvalue weighted by molar-refractivity contribution is 0.104. The van der Waals surface area contributed by atoms with Gasteiger partial charge in [-0.05, 0) is 30.4 Å². The molecule has 1 N–H and O–H groups in total. The fourth-order valence-electron chi connectivity index (χ4n) is 2.96. The molecule has 2 aromatic carbocycles. The summed E-state index contributed by atoms with van der Waals surface area (Å²) in [5, 5.41) is 15.9. The first kappa shape index (κ1) is 20.8. The van der Waals surface area contributed by atoms with Gasteiger partial charge in [-0.1, -0.05) is 29.3 Å². The van der Waals surface area contributed by atoms with E-state index in [1.165, 1.54) is 26.4 Å². The molecular formula is C21H18Cl2N2O4. The molecule has 0 saturated carbocycles. The maximum atomic E-state index is 13.0. The Hall–Kier alpha value is -2.96. The Morgan fingerprint density at radius 1 is 1.14 bits per heavy atom. The summed E-state index contributed by atoms with van der Waals surface area (Å²) in [6.45, 7) is 0. The standard InChI is InChI=1S/C21H18Cl2N2O4/c1-25-15(9-10-24-25)19-17(28-2)11-18(29-3)20(21(19)27)16(26)8-7-12-13(22)5-4-6-14(12)23/h4-11,27H,1-3H3/b8-7+. The Balaban J connectivity index is 2.14. The Morgan fingerprint density at radius 3 is 2.34 bits per heavy atom. The van der Waals surface area contributed by atoms with Crippen molar-refractivity contribution >= 4 is 35.1 Å². The van der Waals surface area contributed by atoms with Crippen LogP contribution in [0.2, 0.25) is 10.0 Å². The van der Waals surface area contributed by atoms with E-state index in [9.17, 15) is 9.90 Å². The van der Waals surface area contributed by atoms with Crippen LogP contribution in [0.1, 0.15) is 15.9 Å². The van der Waals surface area contributed by atoms with Gasteiger partial charge in [-0.3, -0.25) is 9.48 Å². The van der Waals surface area contributed by atoms with Crippen molar-refractivity contribution in [2.24, 2.45) is 7.05 Å². The molecule has 0 unspecified atom stereocenters. The summed E-state index contributed by atoms with van der Waals surface area (Å²) < 4.78 is 12.3. The monoisotopic (exact) mass is 432 g/mol. The SMILES string of the molecule is COc1cc(OC)c(-c2ccnn2C)c(O)c1C(=O)/C=C/c1c(Cl)cccc1Cl. The molecule has 3 rings (SSSR count). The molecule has 0 atom stereocenters. The van der Waals surface area contributed by atoms with Gasteiger partial charge in [-0.15, -0.1) is 0 Å². The third-order valence-corrected chi connectivity index (χ3v) is 5.05. The van der Waals surface area contributed by atoms with Gasteiger partial charge < -0.3 is 14.6 Å². The molecule has 3 aromatic rings. The van der Waals surface area contributed by atoms with E-state index in [0.29, 0.717) is 32.6 Å². The van der Waals surface area contributed by atoms with E-state index in [1.807, 2.05) is 0 Å². The first-order valence-corrected chi connectivity index (χ1v) is 9.27. The number of ether oxygens (including phenoxy) is 2. The largest absolute Gasteiger partial charge is 0.506 e. The molecular weight excluding hydrogens is 415 g/mol. The summed E-state index contributed by atoms with van der Waals surface area (Å²) in [7, 11) is 4.59. The number of hydrogen-bond donors (Lipinski definition) is 1. The number of aryl methyl sites for hydroxylation is 1. The van der Waals surface area contributed by atoms with Crippen LogP contribution >= 0.6 is 23.2 Å². The van der Waals surface area contributed by atoms with Crippen LogP contribution < -0.4 is 9.47 Å². The van der Waals surface area contributed by atoms with Gasteiger partial charge in [-0.2, -0.15) is 5.10 Å². The van der Waals surface area contributed by atoms with Crippen molar-refractivity contribution < 1.29 is 19.4 Å². The van der Waals surface area contributed by atoms with Gasteiger partial charge in [-0.25, -0.2) is 0 Å². The summed E-state index contributed by atoms with van der Waals surface area (Å²) in [5.41, 5.74) is 1.40. The molecule has 150 valence electrons. The number of phenols is 1. The fourth-order valence-corrected chi connectivity index (χ4v) is 3.48. The highest BCUT2D eigenvalue weighted by atomic mass is 35.5. The highest BCUT2D eigenvalue weighted by molar-refractivity contribution is 6.37. The maximum Gasteiger partial charge on any atom is 0.193 e. The Kier molecular flexibility index (Phi) is 6.15. The quantitative estimate of drug-likeness (QED) is 0.437. The number of aromatic nitrogens is 2. The topological polar surface area (TPSA) is 73.6 Å². The molecule has 0 bridgehead atoms. The number of benzene rings is 2. The van der Waals surface area contributed by atoms with Crippen molar-refractivity contribution in [3.8, 4) is 28.5 Å². The van der Waals surface area contributed by atoms with Crippen molar-refractivity contribution in [1.29, 1.82) is 0 Å². The van der Waals surface area contributed by atoms with Gasteiger partial charge in [0.1, 0.15) is 22.8 Å². The zero-order valence-corrected chi connectivity index (χ0v) is 17.5. The summed E-state index contributed by atoms with van der Waals surface area (Å²) in [4.78, 5) is 13.0. The zero-order valence-electron chi connectivity index (χ0n) is 15.9. The molecule has 0 aliphatic carbocycles. The molecule has 1 heterocycles. The molecule has 6 nitrogen and oxygen atoms in total. The molecule has 8 heteroatoms. The molecule has 29 heavy (non-hydrogen) atoms. The lowest BCUT2D eigenvalue weighted by Crippen LogP contribution is -2.04. The van der Waals surface area contributed by atoms with Crippen molar-refractivity contribution in [3.63, 3.8) is 0 Å². The van der Waals surface area contributed by atoms with Crippen molar-refractivity contribution in [3.05, 3.63) is 63.8 Å². The number of carbonyl (C=O) groups is 1. The number of nitrogens with zero attached hydrogens (tertiary/aromatic N) is 2. The summed E-state index contributed by atoms with van der Waals surface area (Å²) >= 11 is 12.3. The van der Waals surface area contributed by atoms with E-state index in [-0.39, 0.29) is 17.1 Å². The van der Waals surface area contributed by atoms with Crippen LogP contribution in [0.3, 0.4) is 0 Å². The summed E-state index contributed by atoms with van der Waals surface area (Å²) in [6, 6.07) is 8.30. The minimum atomic E-state index is -0.485. The van der Waals surface area contributed by atoms with Crippen LogP contribution in [0.4, 0.5) is 0 Å². The molecule has 0 saturated heterocycles. The van der Waals surface area contributed by atoms with Crippen LogP contribution in [0, 0.1) is 0 Å². The highest BCUT2D eigenvalue weighted by Crippen LogP contribution is 2.45. The number of ketones is 1. The van der Waals surface area contributed by atoms with Gasteiger partial charge in [0.2, 0.25) is 0 Å². The Labute approximate surface area is 177 Å². The van der Waals surface area contributed by atoms with Crippen molar-refractivity contribution in [2.75, 3.05) is 14.2 Å². The maximum absolute atomic E-state index is 13.0. The van der Waals surface area contributed by atoms with Crippen LogP contribution in [0.5, 0.6) is 17.2 Å². The first-order valence-electron chi connectivity index (χ1n) is 8.51. The molecule has 1 aromatic heterocycles. The fraction of sp³-hybridized carbons (Fsp3) is 0.143. The normalized spacial score (nSPS) is 11.1. The summed E-state index contributed by atoms with van der Waals surface area (Å²) in [6.07, 6.45) is 4.36. The highest BCUT2D eigenvalue weighted by Gasteiger charge is 2.25. The van der Waals surface area contributed by atoms with E-state index < -0.39 is 5.78 Å². The minimum absolute atomic E-state index is 0.0103. The third kappa shape index (κ3) is 3.95. The Bertz CT molecular complexity index is 1090. The van der Waals surface area contributed by atoms with Gasteiger partial charge in [0, 0.05) is 34.9 Å². The average Bonchev–Trinajstić information content (AvgIpc) is 3.11. The second-order valence-electron chi connectivity index (χ2n) is 6.05. The van der Waals surface area contributed by atoms with E-state index in [2.05, 4.69) is 5.10 Å². The van der Waals surface area contributed by atoms with Crippen molar-refractivity contribution in [2.45, 2.75) is 0 Å². The zero-order chi connectivity index (χ0) is 21.1. The first-order chi connectivity index (χ1) is 13.9. The molecule has 0 aliphatic rings. The number of halogens is 2. The average molecular weight is 433 g/mol. The number of methoxy groups -OCH3 is 2. The third-order valence-electron chi connectivity index (χ3n) is 4.39. The lowest BCUT2D eigenvalue weighted by atomic mass is 9.99. The van der Waals surface area contributed by atoms with Gasteiger partial charge in [0.15, 0.2) is 5.78 Å². The van der Waals surface area contributed by atoms with Crippen LogP contribution in [0.15, 0.2) is 42.6 Å². The van der Waals surface area contributed by atoms with Crippen molar-refractivity contribution in [1.82, 2.24) is 9.78 Å². The van der Waals surface area contributed by atoms with E-state index >= 15 is 0 Å². The predicted octanol–water partition coefficient (Wildman–Crippen LogP) is 5.01. The number of aromatic hydroxyl groups is 1. The molecule has 0 radical (unpaired) electrons. The predicted molar refractivity (Wildman–Crippen MR) is 113 cm³/mol. The molecule has 0 amide bonds. The minimum Gasteiger partial charge on any atom is -0.506 e. The second kappa shape index (κ2) is 8.59. The van der Waals surface area contributed by atoms with E-state index in [4.69, 9.17) is 32.7 Å². The second-order valence-corrected chi connectivity index (χ2v) is 6.87. The van der Waals surface area contributed by atoms with E-state index in [1.54, 1.807) is 48.3 Å². The van der Waals surface area contributed by atoms with Crippen LogP contribution in [-0.2, 0) is 7.05 Å². The van der Waals surface area contributed by atoms with Gasteiger partial charge in [0.25, 0.3) is 0 Å². The summed E-state index contributed by atoms with van der Waals surface area (Å²) in [5.74, 6) is -0.242. The molecule has 0 fully saturated rings. The number of carbonyl (C=O) groups excluding carboxylic acids is 1. The van der Waals surface area contributed by atoms with Gasteiger partial charge in [0.05, 0.1) is 25.5 Å². The van der Waals surface area contributed by atoms with E-state index in [0.717, 1.165) is 0 Å². The van der Waals surface area contributed by atoms with Gasteiger partial charge >= 0.3 is 0 Å². The molecule has 0 spiro atoms. The Morgan fingerprint density at radius 2 is 1.79 bits per heavy atom. The molecule has 0 aliphatic heterocycles. The van der Waals surface area contributed by atoms with Crippen LogP contribution in [-0.4, -0.2) is 34.9 Å². The number of allylic oxidation sites excluding steroid dienone is 1. The smallest absolute Gasteiger partial charge is 0.193 e.